The van der Waals surface area contributed by atoms with Crippen molar-refractivity contribution in [2.75, 3.05) is 0 Å². The molecule has 4 nitrogen and oxygen atoms in total. The number of aromatic nitrogens is 2. The molecule has 0 saturated carbocycles. The van der Waals surface area contributed by atoms with E-state index in [0.29, 0.717) is 13.2 Å². The van der Waals surface area contributed by atoms with Gasteiger partial charge in [-0.25, -0.2) is 9.97 Å². The minimum absolute atomic E-state index is 0.418. The molecule has 4 heteroatoms. The van der Waals surface area contributed by atoms with Gasteiger partial charge >= 0.3 is 0 Å². The van der Waals surface area contributed by atoms with Crippen LogP contribution in [0, 0.1) is 0 Å². The average molecular weight is 215 g/mol. The fourth-order valence-electron chi connectivity index (χ4n) is 1.31. The van der Waals surface area contributed by atoms with E-state index in [1.807, 2.05) is 36.4 Å². The predicted molar refractivity (Wildman–Crippen MR) is 60.7 cm³/mol. The molecule has 0 bridgehead atoms. The number of rotatable bonds is 4. The first kappa shape index (κ1) is 10.6. The van der Waals surface area contributed by atoms with Gasteiger partial charge in [-0.3, -0.25) is 0 Å². The highest BCUT2D eigenvalue weighted by molar-refractivity contribution is 5.21. The van der Waals surface area contributed by atoms with Crippen molar-refractivity contribution < 1.29 is 4.74 Å². The van der Waals surface area contributed by atoms with Gasteiger partial charge in [0.1, 0.15) is 18.7 Å². The summed E-state index contributed by atoms with van der Waals surface area (Å²) in [5.41, 5.74) is 7.15. The van der Waals surface area contributed by atoms with Gasteiger partial charge in [0, 0.05) is 6.54 Å². The minimum atomic E-state index is 0.418. The van der Waals surface area contributed by atoms with E-state index in [2.05, 4.69) is 9.97 Å². The first-order valence-corrected chi connectivity index (χ1v) is 5.06. The summed E-state index contributed by atoms with van der Waals surface area (Å²) < 4.78 is 5.56. The van der Waals surface area contributed by atoms with Gasteiger partial charge in [0.05, 0.1) is 11.4 Å². The first-order valence-electron chi connectivity index (χ1n) is 5.06. The van der Waals surface area contributed by atoms with Crippen molar-refractivity contribution in [1.29, 1.82) is 0 Å². The van der Waals surface area contributed by atoms with Crippen molar-refractivity contribution in [3.63, 3.8) is 0 Å². The molecule has 0 aliphatic rings. The summed E-state index contributed by atoms with van der Waals surface area (Å²) in [5.74, 6) is 0.829. The van der Waals surface area contributed by atoms with Crippen LogP contribution >= 0.6 is 0 Å². The molecule has 1 aromatic heterocycles. The molecule has 2 rings (SSSR count). The molecule has 0 unspecified atom stereocenters. The number of nitrogens with two attached hydrogens (primary N) is 1. The molecule has 16 heavy (non-hydrogen) atoms. The van der Waals surface area contributed by atoms with Gasteiger partial charge in [0.2, 0.25) is 0 Å². The third-order valence-corrected chi connectivity index (χ3v) is 2.12. The Hall–Kier alpha value is -1.94. The van der Waals surface area contributed by atoms with E-state index in [0.717, 1.165) is 17.1 Å². The number of hydrogen-bond acceptors (Lipinski definition) is 4. The van der Waals surface area contributed by atoms with Gasteiger partial charge in [0.15, 0.2) is 0 Å². The fourth-order valence-corrected chi connectivity index (χ4v) is 1.31. The average Bonchev–Trinajstić information content (AvgIpc) is 2.38. The van der Waals surface area contributed by atoms with Crippen LogP contribution in [0.4, 0.5) is 0 Å². The van der Waals surface area contributed by atoms with Gasteiger partial charge in [-0.15, -0.1) is 0 Å². The standard InChI is InChI=1S/C12H13N3O/c13-7-10-6-11(15-9-14-10)8-16-12-4-2-1-3-5-12/h1-6,9H,7-8,13H2. The lowest BCUT2D eigenvalue weighted by molar-refractivity contribution is 0.301. The summed E-state index contributed by atoms with van der Waals surface area (Å²) in [5, 5.41) is 0. The van der Waals surface area contributed by atoms with Crippen LogP contribution in [0.15, 0.2) is 42.7 Å². The molecule has 1 aromatic carbocycles. The molecule has 0 spiro atoms. The number of nitrogens with zero attached hydrogens (tertiary/aromatic N) is 2. The Morgan fingerprint density at radius 1 is 1.06 bits per heavy atom. The summed E-state index contributed by atoms with van der Waals surface area (Å²) in [6.45, 7) is 0.848. The number of ether oxygens (including phenoxy) is 1. The molecule has 0 aliphatic heterocycles. The smallest absolute Gasteiger partial charge is 0.130 e. The SMILES string of the molecule is NCc1cc(COc2ccccc2)ncn1. The van der Waals surface area contributed by atoms with Crippen molar-refractivity contribution in [3.05, 3.63) is 54.1 Å². The van der Waals surface area contributed by atoms with Crippen molar-refractivity contribution in [2.24, 2.45) is 5.73 Å². The van der Waals surface area contributed by atoms with E-state index < -0.39 is 0 Å². The van der Waals surface area contributed by atoms with Gasteiger partial charge in [-0.05, 0) is 18.2 Å². The van der Waals surface area contributed by atoms with Crippen LogP contribution in [-0.2, 0) is 13.2 Å². The molecule has 0 amide bonds. The molecule has 82 valence electrons. The van der Waals surface area contributed by atoms with E-state index in [1.54, 1.807) is 0 Å². The second kappa shape index (κ2) is 5.23. The molecular weight excluding hydrogens is 202 g/mol. The second-order valence-corrected chi connectivity index (χ2v) is 3.31. The Balaban J connectivity index is 1.99. The zero-order valence-corrected chi connectivity index (χ0v) is 8.84. The fraction of sp³-hybridized carbons (Fsp3) is 0.167. The quantitative estimate of drug-likeness (QED) is 0.839. The van der Waals surface area contributed by atoms with Gasteiger partial charge in [-0.1, -0.05) is 18.2 Å². The van der Waals surface area contributed by atoms with Crippen LogP contribution in [0.1, 0.15) is 11.4 Å². The van der Waals surface area contributed by atoms with Gasteiger partial charge in [-0.2, -0.15) is 0 Å². The topological polar surface area (TPSA) is 61.0 Å². The maximum absolute atomic E-state index is 5.56. The Bertz CT molecular complexity index is 445. The molecule has 0 aliphatic carbocycles. The molecule has 2 aromatic rings. The van der Waals surface area contributed by atoms with Crippen molar-refractivity contribution in [1.82, 2.24) is 9.97 Å². The minimum Gasteiger partial charge on any atom is -0.487 e. The monoisotopic (exact) mass is 215 g/mol. The van der Waals surface area contributed by atoms with E-state index in [1.165, 1.54) is 6.33 Å². The predicted octanol–water partition coefficient (Wildman–Crippen LogP) is 1.51. The maximum atomic E-state index is 5.56. The zero-order valence-electron chi connectivity index (χ0n) is 8.84. The summed E-state index contributed by atoms with van der Waals surface area (Å²) >= 11 is 0. The third kappa shape index (κ3) is 2.77. The van der Waals surface area contributed by atoms with Crippen LogP contribution in [0.25, 0.3) is 0 Å². The highest BCUT2D eigenvalue weighted by Gasteiger charge is 1.98. The lowest BCUT2D eigenvalue weighted by Gasteiger charge is -2.05. The van der Waals surface area contributed by atoms with Crippen LogP contribution in [0.5, 0.6) is 5.75 Å². The Kier molecular flexibility index (Phi) is 3.46. The maximum Gasteiger partial charge on any atom is 0.130 e. The molecule has 0 saturated heterocycles. The third-order valence-electron chi connectivity index (χ3n) is 2.12. The highest BCUT2D eigenvalue weighted by atomic mass is 16.5. The Morgan fingerprint density at radius 3 is 2.56 bits per heavy atom. The zero-order chi connectivity index (χ0) is 11.2. The van der Waals surface area contributed by atoms with E-state index in [9.17, 15) is 0 Å². The molecule has 0 fully saturated rings. The number of benzene rings is 1. The summed E-state index contributed by atoms with van der Waals surface area (Å²) in [6, 6.07) is 11.5. The van der Waals surface area contributed by atoms with Gasteiger partial charge in [0.25, 0.3) is 0 Å². The van der Waals surface area contributed by atoms with Crippen LogP contribution in [0.2, 0.25) is 0 Å². The number of para-hydroxylation sites is 1. The Labute approximate surface area is 94.1 Å². The first-order chi connectivity index (χ1) is 7.88. The Morgan fingerprint density at radius 2 is 1.81 bits per heavy atom. The summed E-state index contributed by atoms with van der Waals surface area (Å²) in [7, 11) is 0. The molecular formula is C12H13N3O. The molecule has 0 radical (unpaired) electrons. The largest absolute Gasteiger partial charge is 0.487 e. The lowest BCUT2D eigenvalue weighted by atomic mass is 10.3. The van der Waals surface area contributed by atoms with Crippen molar-refractivity contribution >= 4 is 0 Å². The normalized spacial score (nSPS) is 10.1. The number of hydrogen-bond donors (Lipinski definition) is 1. The molecule has 2 N–H and O–H groups in total. The lowest BCUT2D eigenvalue weighted by Crippen LogP contribution is -2.04. The van der Waals surface area contributed by atoms with E-state index >= 15 is 0 Å². The van der Waals surface area contributed by atoms with Crippen LogP contribution in [0.3, 0.4) is 0 Å². The molecule has 1 heterocycles. The van der Waals surface area contributed by atoms with Crippen LogP contribution < -0.4 is 10.5 Å². The van der Waals surface area contributed by atoms with E-state index in [4.69, 9.17) is 10.5 Å². The second-order valence-electron chi connectivity index (χ2n) is 3.31. The van der Waals surface area contributed by atoms with Crippen LogP contribution in [-0.4, -0.2) is 9.97 Å². The highest BCUT2D eigenvalue weighted by Crippen LogP contribution is 2.10. The molecule has 0 atom stereocenters. The van der Waals surface area contributed by atoms with E-state index in [-0.39, 0.29) is 0 Å². The van der Waals surface area contributed by atoms with Crippen molar-refractivity contribution in [3.8, 4) is 5.75 Å². The van der Waals surface area contributed by atoms with Crippen molar-refractivity contribution in [2.45, 2.75) is 13.2 Å². The summed E-state index contributed by atoms with van der Waals surface area (Å²) in [4.78, 5) is 8.13. The van der Waals surface area contributed by atoms with Gasteiger partial charge < -0.3 is 10.5 Å². The summed E-state index contributed by atoms with van der Waals surface area (Å²) in [6.07, 6.45) is 1.51.